The van der Waals surface area contributed by atoms with Crippen LogP contribution in [-0.2, 0) is 0 Å². The van der Waals surface area contributed by atoms with Crippen molar-refractivity contribution in [2.45, 2.75) is 6.92 Å². The number of hydrogen-bond donors (Lipinski definition) is 0. The molecule has 0 aliphatic heterocycles. The van der Waals surface area contributed by atoms with E-state index in [2.05, 4.69) is 241 Å². The Morgan fingerprint density at radius 2 is 0.754 bits per heavy atom. The molecule has 1 aromatic heterocycles. The van der Waals surface area contributed by atoms with E-state index in [-0.39, 0.29) is 0 Å². The van der Waals surface area contributed by atoms with Crippen LogP contribution in [0.25, 0.3) is 72.0 Å². The van der Waals surface area contributed by atoms with Gasteiger partial charge in [-0.15, -0.1) is 0 Å². The lowest BCUT2D eigenvalue weighted by molar-refractivity contribution is 1.18. The standard InChI is InChI=1S/C55H40N2/c1-39-27-29-45(30-28-39)49-23-13-22-48(44-19-9-4-10-20-44)55(49)57-51-24-12-11-21-50(51)54-52(25-14-26-53(54)57)56(46-35-31-42(32-36-46)40-15-5-2-6-16-40)47-37-33-43(34-38-47)41-17-7-3-8-18-41/h2-38H,1H3. The van der Waals surface area contributed by atoms with Gasteiger partial charge >= 0.3 is 0 Å². The maximum Gasteiger partial charge on any atom is 0.0618 e. The van der Waals surface area contributed by atoms with Crippen LogP contribution < -0.4 is 4.90 Å². The van der Waals surface area contributed by atoms with Crippen LogP contribution in [0.2, 0.25) is 0 Å². The molecule has 2 nitrogen and oxygen atoms in total. The molecule has 10 rings (SSSR count). The molecular formula is C55H40N2. The number of para-hydroxylation sites is 2. The lowest BCUT2D eigenvalue weighted by Gasteiger charge is -2.27. The Kier molecular flexibility index (Phi) is 8.78. The average Bonchev–Trinajstić information content (AvgIpc) is 3.62. The number of nitrogens with zero attached hydrogens (tertiary/aromatic N) is 2. The molecule has 0 spiro atoms. The van der Waals surface area contributed by atoms with Gasteiger partial charge in [-0.2, -0.15) is 0 Å². The molecule has 0 bridgehead atoms. The Morgan fingerprint density at radius 3 is 1.32 bits per heavy atom. The molecule has 2 heteroatoms. The van der Waals surface area contributed by atoms with E-state index < -0.39 is 0 Å². The first-order valence-corrected chi connectivity index (χ1v) is 19.6. The second kappa shape index (κ2) is 14.7. The van der Waals surface area contributed by atoms with Crippen molar-refractivity contribution in [3.05, 3.63) is 230 Å². The van der Waals surface area contributed by atoms with Crippen LogP contribution in [0, 0.1) is 6.92 Å². The fraction of sp³-hybridized carbons (Fsp3) is 0.0182. The molecule has 0 fully saturated rings. The Balaban J connectivity index is 1.24. The van der Waals surface area contributed by atoms with Gasteiger partial charge in [-0.25, -0.2) is 0 Å². The van der Waals surface area contributed by atoms with Crippen molar-refractivity contribution in [2.24, 2.45) is 0 Å². The summed E-state index contributed by atoms with van der Waals surface area (Å²) in [5, 5.41) is 2.40. The topological polar surface area (TPSA) is 8.17 Å². The van der Waals surface area contributed by atoms with Gasteiger partial charge in [0.2, 0.25) is 0 Å². The predicted molar refractivity (Wildman–Crippen MR) is 242 cm³/mol. The summed E-state index contributed by atoms with van der Waals surface area (Å²) in [6.45, 7) is 2.15. The van der Waals surface area contributed by atoms with E-state index >= 15 is 0 Å². The lowest BCUT2D eigenvalue weighted by atomic mass is 9.95. The highest BCUT2D eigenvalue weighted by Gasteiger charge is 2.24. The van der Waals surface area contributed by atoms with Gasteiger partial charge in [-0.1, -0.05) is 188 Å². The van der Waals surface area contributed by atoms with Crippen LogP contribution in [0.4, 0.5) is 17.1 Å². The SMILES string of the molecule is Cc1ccc(-c2cccc(-c3ccccc3)c2-n2c3ccccc3c3c(N(c4ccc(-c5ccccc5)cc4)c4ccc(-c5ccccc5)cc4)cccc32)cc1. The van der Waals surface area contributed by atoms with Crippen molar-refractivity contribution in [3.63, 3.8) is 0 Å². The van der Waals surface area contributed by atoms with Crippen LogP contribution >= 0.6 is 0 Å². The summed E-state index contributed by atoms with van der Waals surface area (Å²) >= 11 is 0. The van der Waals surface area contributed by atoms with Crippen molar-refractivity contribution < 1.29 is 0 Å². The molecule has 9 aromatic carbocycles. The molecule has 0 aliphatic carbocycles. The Hall–Kier alpha value is -7.42. The first-order valence-electron chi connectivity index (χ1n) is 19.6. The van der Waals surface area contributed by atoms with Gasteiger partial charge in [-0.3, -0.25) is 0 Å². The predicted octanol–water partition coefficient (Wildman–Crippen LogP) is 15.2. The zero-order chi connectivity index (χ0) is 38.1. The normalized spacial score (nSPS) is 11.2. The van der Waals surface area contributed by atoms with Gasteiger partial charge in [0, 0.05) is 33.3 Å². The molecule has 0 amide bonds. The Labute approximate surface area is 334 Å². The number of benzene rings is 9. The zero-order valence-electron chi connectivity index (χ0n) is 31.8. The van der Waals surface area contributed by atoms with Crippen molar-refractivity contribution >= 4 is 38.9 Å². The summed E-state index contributed by atoms with van der Waals surface area (Å²) in [7, 11) is 0. The summed E-state index contributed by atoms with van der Waals surface area (Å²) in [4.78, 5) is 2.42. The van der Waals surface area contributed by atoms with Crippen LogP contribution in [0.3, 0.4) is 0 Å². The summed E-state index contributed by atoms with van der Waals surface area (Å²) < 4.78 is 2.50. The maximum atomic E-state index is 2.50. The van der Waals surface area contributed by atoms with Gasteiger partial charge in [0.05, 0.1) is 22.4 Å². The third-order valence-corrected chi connectivity index (χ3v) is 11.1. The monoisotopic (exact) mass is 728 g/mol. The first kappa shape index (κ1) is 34.1. The number of anilines is 3. The highest BCUT2D eigenvalue weighted by atomic mass is 15.1. The molecule has 0 radical (unpaired) electrons. The molecule has 0 N–H and O–H groups in total. The summed E-state index contributed by atoms with van der Waals surface area (Å²) in [6.07, 6.45) is 0. The maximum absolute atomic E-state index is 2.50. The molecule has 57 heavy (non-hydrogen) atoms. The highest BCUT2D eigenvalue weighted by molar-refractivity contribution is 6.17. The van der Waals surface area contributed by atoms with E-state index in [0.29, 0.717) is 0 Å². The van der Waals surface area contributed by atoms with Crippen molar-refractivity contribution in [1.29, 1.82) is 0 Å². The van der Waals surface area contributed by atoms with Gasteiger partial charge < -0.3 is 9.47 Å². The van der Waals surface area contributed by atoms with Gasteiger partial charge in [0.15, 0.2) is 0 Å². The smallest absolute Gasteiger partial charge is 0.0618 e. The van der Waals surface area contributed by atoms with Crippen LogP contribution in [0.15, 0.2) is 224 Å². The number of hydrogen-bond acceptors (Lipinski definition) is 1. The van der Waals surface area contributed by atoms with Gasteiger partial charge in [0.1, 0.15) is 0 Å². The minimum atomic E-state index is 1.09. The van der Waals surface area contributed by atoms with Crippen LogP contribution in [-0.4, -0.2) is 4.57 Å². The van der Waals surface area contributed by atoms with E-state index in [0.717, 1.165) is 28.1 Å². The van der Waals surface area contributed by atoms with Crippen LogP contribution in [0.5, 0.6) is 0 Å². The van der Waals surface area contributed by atoms with Crippen molar-refractivity contribution in [2.75, 3.05) is 4.90 Å². The first-order chi connectivity index (χ1) is 28.2. The average molecular weight is 729 g/mol. The highest BCUT2D eigenvalue weighted by Crippen LogP contribution is 2.47. The van der Waals surface area contributed by atoms with E-state index in [1.807, 2.05) is 0 Å². The second-order valence-electron chi connectivity index (χ2n) is 14.6. The minimum absolute atomic E-state index is 1.09. The summed E-state index contributed by atoms with van der Waals surface area (Å²) in [5.74, 6) is 0. The van der Waals surface area contributed by atoms with E-state index in [9.17, 15) is 0 Å². The second-order valence-corrected chi connectivity index (χ2v) is 14.6. The van der Waals surface area contributed by atoms with E-state index in [1.54, 1.807) is 0 Å². The molecule has 1 heterocycles. The quantitative estimate of drug-likeness (QED) is 0.151. The molecule has 0 aliphatic rings. The number of fused-ring (bicyclic) bond motifs is 3. The summed E-state index contributed by atoms with van der Waals surface area (Å²) in [5.41, 5.74) is 17.6. The van der Waals surface area contributed by atoms with Crippen LogP contribution in [0.1, 0.15) is 5.56 Å². The number of aromatic nitrogens is 1. The fourth-order valence-corrected chi connectivity index (χ4v) is 8.32. The summed E-state index contributed by atoms with van der Waals surface area (Å²) in [6, 6.07) is 81.3. The molecule has 0 saturated heterocycles. The molecule has 270 valence electrons. The minimum Gasteiger partial charge on any atom is -0.310 e. The third kappa shape index (κ3) is 6.28. The fourth-order valence-electron chi connectivity index (χ4n) is 8.32. The van der Waals surface area contributed by atoms with Gasteiger partial charge in [0.25, 0.3) is 0 Å². The number of rotatable bonds is 8. The molecular weight excluding hydrogens is 689 g/mol. The molecule has 0 saturated carbocycles. The van der Waals surface area contributed by atoms with Gasteiger partial charge in [-0.05, 0) is 82.8 Å². The Bertz CT molecular complexity index is 2880. The molecule has 10 aromatic rings. The largest absolute Gasteiger partial charge is 0.310 e. The Morgan fingerprint density at radius 1 is 0.333 bits per heavy atom. The molecule has 0 unspecified atom stereocenters. The lowest BCUT2D eigenvalue weighted by Crippen LogP contribution is -2.10. The van der Waals surface area contributed by atoms with E-state index in [4.69, 9.17) is 0 Å². The number of aryl methyl sites for hydroxylation is 1. The van der Waals surface area contributed by atoms with Crippen molar-refractivity contribution in [1.82, 2.24) is 4.57 Å². The van der Waals surface area contributed by atoms with E-state index in [1.165, 1.54) is 66.5 Å². The third-order valence-electron chi connectivity index (χ3n) is 11.1. The van der Waals surface area contributed by atoms with Crippen molar-refractivity contribution in [3.8, 4) is 50.2 Å². The zero-order valence-corrected chi connectivity index (χ0v) is 31.8. The molecule has 0 atom stereocenters.